The van der Waals surface area contributed by atoms with Gasteiger partial charge in [0.05, 0.1) is 4.88 Å². The maximum Gasteiger partial charge on any atom is 0.328 e. The predicted octanol–water partition coefficient (Wildman–Crippen LogP) is 3.61. The number of aryl methyl sites for hydroxylation is 1. The molecule has 0 saturated heterocycles. The van der Waals surface area contributed by atoms with E-state index in [1.165, 1.54) is 37.0 Å². The summed E-state index contributed by atoms with van der Waals surface area (Å²) in [4.78, 5) is 24.3. The second kappa shape index (κ2) is 7.41. The molecule has 1 aromatic rings. The third-order valence-corrected chi connectivity index (χ3v) is 4.95. The highest BCUT2D eigenvalue weighted by atomic mass is 32.1. The lowest BCUT2D eigenvalue weighted by Crippen LogP contribution is -2.33. The predicted molar refractivity (Wildman–Crippen MR) is 84.7 cm³/mol. The maximum absolute atomic E-state index is 12.3. The number of amides is 1. The molecule has 0 radical (unpaired) electrons. The Kier molecular flexibility index (Phi) is 5.56. The first-order chi connectivity index (χ1) is 10.1. The van der Waals surface area contributed by atoms with Crippen molar-refractivity contribution < 1.29 is 14.7 Å². The molecule has 0 atom stereocenters. The van der Waals surface area contributed by atoms with Crippen LogP contribution in [0.1, 0.15) is 58.6 Å². The van der Waals surface area contributed by atoms with Crippen molar-refractivity contribution in [3.63, 3.8) is 0 Å². The molecule has 0 bridgehead atoms. The standard InChI is InChI=1S/C16H21NO3S/c1-11-10-14(21-13(11)8-9-15(18)19)16(20)17-12-6-4-2-3-5-7-12/h8-10,12H,2-7H2,1H3,(H,17,20)(H,18,19)/b9-8+. The zero-order valence-electron chi connectivity index (χ0n) is 12.2. The van der Waals surface area contributed by atoms with Crippen LogP contribution in [0, 0.1) is 6.92 Å². The molecule has 114 valence electrons. The smallest absolute Gasteiger partial charge is 0.328 e. The number of thiophene rings is 1. The van der Waals surface area contributed by atoms with E-state index >= 15 is 0 Å². The molecule has 4 nitrogen and oxygen atoms in total. The average Bonchev–Trinajstić information content (AvgIpc) is 2.63. The van der Waals surface area contributed by atoms with Gasteiger partial charge in [-0.2, -0.15) is 0 Å². The maximum atomic E-state index is 12.3. The van der Waals surface area contributed by atoms with Crippen LogP contribution in [0.4, 0.5) is 0 Å². The molecule has 21 heavy (non-hydrogen) atoms. The van der Waals surface area contributed by atoms with Gasteiger partial charge in [-0.15, -0.1) is 11.3 Å². The Morgan fingerprint density at radius 2 is 1.95 bits per heavy atom. The van der Waals surface area contributed by atoms with E-state index in [0.717, 1.165) is 29.4 Å². The summed E-state index contributed by atoms with van der Waals surface area (Å²) in [7, 11) is 0. The Balaban J connectivity index is 2.02. The minimum atomic E-state index is -0.979. The number of rotatable bonds is 4. The number of hydrogen-bond donors (Lipinski definition) is 2. The van der Waals surface area contributed by atoms with E-state index in [1.807, 2.05) is 13.0 Å². The van der Waals surface area contributed by atoms with Gasteiger partial charge in [-0.1, -0.05) is 25.7 Å². The normalized spacial score (nSPS) is 16.8. The summed E-state index contributed by atoms with van der Waals surface area (Å²) >= 11 is 1.34. The Morgan fingerprint density at radius 1 is 1.29 bits per heavy atom. The van der Waals surface area contributed by atoms with E-state index < -0.39 is 5.97 Å². The van der Waals surface area contributed by atoms with Gasteiger partial charge in [0.2, 0.25) is 0 Å². The largest absolute Gasteiger partial charge is 0.478 e. The fourth-order valence-electron chi connectivity index (χ4n) is 2.60. The zero-order valence-corrected chi connectivity index (χ0v) is 13.0. The molecular formula is C16H21NO3S. The van der Waals surface area contributed by atoms with Crippen LogP contribution in [0.15, 0.2) is 12.1 Å². The molecular weight excluding hydrogens is 286 g/mol. The molecule has 0 spiro atoms. The third kappa shape index (κ3) is 4.70. The second-order valence-corrected chi connectivity index (χ2v) is 6.58. The Labute approximate surface area is 128 Å². The van der Waals surface area contributed by atoms with E-state index in [1.54, 1.807) is 6.08 Å². The van der Waals surface area contributed by atoms with Crippen molar-refractivity contribution in [2.75, 3.05) is 0 Å². The first-order valence-electron chi connectivity index (χ1n) is 7.38. The van der Waals surface area contributed by atoms with Crippen LogP contribution in [-0.4, -0.2) is 23.0 Å². The summed E-state index contributed by atoms with van der Waals surface area (Å²) in [5, 5.41) is 11.8. The van der Waals surface area contributed by atoms with Crippen LogP contribution in [0.5, 0.6) is 0 Å². The van der Waals surface area contributed by atoms with Gasteiger partial charge in [-0.25, -0.2) is 4.79 Å². The van der Waals surface area contributed by atoms with Crippen LogP contribution in [0.2, 0.25) is 0 Å². The summed E-state index contributed by atoms with van der Waals surface area (Å²) in [6.07, 6.45) is 9.64. The molecule has 1 aromatic heterocycles. The topological polar surface area (TPSA) is 66.4 Å². The molecule has 2 rings (SSSR count). The number of carboxylic acid groups (broad SMARTS) is 1. The third-order valence-electron chi connectivity index (χ3n) is 3.75. The Hall–Kier alpha value is -1.62. The summed E-state index contributed by atoms with van der Waals surface area (Å²) in [6.45, 7) is 1.89. The SMILES string of the molecule is Cc1cc(C(=O)NC2CCCCCC2)sc1/C=C/C(=O)O. The van der Waals surface area contributed by atoms with E-state index in [-0.39, 0.29) is 11.9 Å². The summed E-state index contributed by atoms with van der Waals surface area (Å²) < 4.78 is 0. The van der Waals surface area contributed by atoms with Crippen molar-refractivity contribution in [3.8, 4) is 0 Å². The van der Waals surface area contributed by atoms with Crippen molar-refractivity contribution in [2.45, 2.75) is 51.5 Å². The summed E-state index contributed by atoms with van der Waals surface area (Å²) in [6, 6.07) is 2.11. The number of carbonyl (C=O) groups is 2. The van der Waals surface area contributed by atoms with Crippen LogP contribution >= 0.6 is 11.3 Å². The van der Waals surface area contributed by atoms with Crippen LogP contribution in [-0.2, 0) is 4.79 Å². The molecule has 1 aliphatic rings. The van der Waals surface area contributed by atoms with E-state index in [4.69, 9.17) is 5.11 Å². The van der Waals surface area contributed by atoms with Crippen LogP contribution in [0.3, 0.4) is 0 Å². The van der Waals surface area contributed by atoms with E-state index in [2.05, 4.69) is 5.32 Å². The molecule has 0 unspecified atom stereocenters. The van der Waals surface area contributed by atoms with Crippen molar-refractivity contribution >= 4 is 29.3 Å². The number of carboxylic acids is 1. The van der Waals surface area contributed by atoms with Gasteiger partial charge in [0.1, 0.15) is 0 Å². The van der Waals surface area contributed by atoms with E-state index in [9.17, 15) is 9.59 Å². The van der Waals surface area contributed by atoms with Crippen molar-refractivity contribution in [1.82, 2.24) is 5.32 Å². The fourth-order valence-corrected chi connectivity index (χ4v) is 3.58. The zero-order chi connectivity index (χ0) is 15.2. The number of aliphatic carboxylic acids is 1. The number of hydrogen-bond acceptors (Lipinski definition) is 3. The highest BCUT2D eigenvalue weighted by Crippen LogP contribution is 2.24. The average molecular weight is 307 g/mol. The quantitative estimate of drug-likeness (QED) is 0.659. The molecule has 5 heteroatoms. The van der Waals surface area contributed by atoms with Gasteiger partial charge in [-0.05, 0) is 37.5 Å². The number of carbonyl (C=O) groups excluding carboxylic acids is 1. The van der Waals surface area contributed by atoms with Gasteiger partial charge >= 0.3 is 5.97 Å². The van der Waals surface area contributed by atoms with Gasteiger partial charge in [0, 0.05) is 17.0 Å². The van der Waals surface area contributed by atoms with E-state index in [0.29, 0.717) is 4.88 Å². The lowest BCUT2D eigenvalue weighted by atomic mass is 10.1. The molecule has 1 saturated carbocycles. The molecule has 2 N–H and O–H groups in total. The molecule has 1 heterocycles. The lowest BCUT2D eigenvalue weighted by molar-refractivity contribution is -0.131. The minimum absolute atomic E-state index is 0.0371. The molecule has 1 amide bonds. The lowest BCUT2D eigenvalue weighted by Gasteiger charge is -2.15. The molecule has 1 aliphatic carbocycles. The van der Waals surface area contributed by atoms with Crippen molar-refractivity contribution in [1.29, 1.82) is 0 Å². The summed E-state index contributed by atoms with van der Waals surface area (Å²) in [5.41, 5.74) is 0.934. The van der Waals surface area contributed by atoms with Gasteiger partial charge < -0.3 is 10.4 Å². The highest BCUT2D eigenvalue weighted by molar-refractivity contribution is 7.15. The van der Waals surface area contributed by atoms with Gasteiger partial charge in [0.15, 0.2) is 0 Å². The molecule has 0 aliphatic heterocycles. The monoisotopic (exact) mass is 307 g/mol. The molecule has 1 fully saturated rings. The summed E-state index contributed by atoms with van der Waals surface area (Å²) in [5.74, 6) is -1.02. The van der Waals surface area contributed by atoms with Gasteiger partial charge in [0.25, 0.3) is 5.91 Å². The fraction of sp³-hybridized carbons (Fsp3) is 0.500. The molecule has 0 aromatic carbocycles. The van der Waals surface area contributed by atoms with Crippen molar-refractivity contribution in [2.24, 2.45) is 0 Å². The first-order valence-corrected chi connectivity index (χ1v) is 8.20. The highest BCUT2D eigenvalue weighted by Gasteiger charge is 2.17. The van der Waals surface area contributed by atoms with Crippen LogP contribution < -0.4 is 5.32 Å². The first kappa shape index (κ1) is 15.8. The van der Waals surface area contributed by atoms with Crippen molar-refractivity contribution in [3.05, 3.63) is 27.5 Å². The van der Waals surface area contributed by atoms with Crippen LogP contribution in [0.25, 0.3) is 6.08 Å². The Morgan fingerprint density at radius 3 is 2.57 bits per heavy atom. The minimum Gasteiger partial charge on any atom is -0.478 e. The number of nitrogens with one attached hydrogen (secondary N) is 1. The Bertz CT molecular complexity index is 540. The second-order valence-electron chi connectivity index (χ2n) is 5.49. The van der Waals surface area contributed by atoms with Gasteiger partial charge in [-0.3, -0.25) is 4.79 Å².